The molecule has 0 aliphatic carbocycles. The number of halogens is 4. The molecule has 4 nitrogen and oxygen atoms in total. The Bertz CT molecular complexity index is 498. The largest absolute Gasteiger partial charge is 0.416 e. The maximum atomic E-state index is 12.6. The lowest BCUT2D eigenvalue weighted by atomic mass is 9.97. The summed E-state index contributed by atoms with van der Waals surface area (Å²) in [7, 11) is 0. The van der Waals surface area contributed by atoms with E-state index in [0.29, 0.717) is 13.0 Å². The van der Waals surface area contributed by atoms with E-state index in [1.165, 1.54) is 0 Å². The summed E-state index contributed by atoms with van der Waals surface area (Å²) in [5, 5.41) is 12.7. The first-order valence-electron chi connectivity index (χ1n) is 6.03. The zero-order valence-corrected chi connectivity index (χ0v) is 11.4. The Morgan fingerprint density at radius 3 is 2.80 bits per heavy atom. The minimum atomic E-state index is -4.50. The molecule has 1 fully saturated rings. The van der Waals surface area contributed by atoms with E-state index >= 15 is 0 Å². The van der Waals surface area contributed by atoms with Crippen molar-refractivity contribution in [1.29, 1.82) is 0 Å². The fourth-order valence-electron chi connectivity index (χ4n) is 2.00. The summed E-state index contributed by atoms with van der Waals surface area (Å²) in [5.74, 6) is -0.0302. The summed E-state index contributed by atoms with van der Waals surface area (Å²) in [6.07, 6.45) is -4.48. The first-order chi connectivity index (χ1) is 9.21. The summed E-state index contributed by atoms with van der Waals surface area (Å²) < 4.78 is 43.2. The highest BCUT2D eigenvalue weighted by Gasteiger charge is 2.39. The lowest BCUT2D eigenvalue weighted by Gasteiger charge is -2.26. The van der Waals surface area contributed by atoms with Crippen LogP contribution < -0.4 is 5.32 Å². The van der Waals surface area contributed by atoms with Gasteiger partial charge in [0.25, 0.3) is 0 Å². The monoisotopic (exact) mass is 310 g/mol. The molecule has 0 bridgehead atoms. The van der Waals surface area contributed by atoms with Gasteiger partial charge in [-0.1, -0.05) is 11.6 Å². The standard InChI is InChI=1S/C12H14ClF3N2O2/c1-7-11(19,2-3-20-7)6-17-10-5-8(12(14,15)16)4-9(13)18-10/h4-5,7,19H,2-3,6H2,1H3,(H,17,18). The first kappa shape index (κ1) is 15.3. The molecule has 0 radical (unpaired) electrons. The van der Waals surface area contributed by atoms with Crippen molar-refractivity contribution in [2.24, 2.45) is 0 Å². The lowest BCUT2D eigenvalue weighted by Crippen LogP contribution is -2.43. The second-order valence-corrected chi connectivity index (χ2v) is 5.17. The average molecular weight is 311 g/mol. The summed E-state index contributed by atoms with van der Waals surface area (Å²) in [6, 6.07) is 1.61. The molecule has 112 valence electrons. The smallest absolute Gasteiger partial charge is 0.385 e. The summed E-state index contributed by atoms with van der Waals surface area (Å²) >= 11 is 5.58. The van der Waals surface area contributed by atoms with Crippen LogP contribution in [0.4, 0.5) is 19.0 Å². The van der Waals surface area contributed by atoms with Crippen LogP contribution in [-0.2, 0) is 10.9 Å². The number of rotatable bonds is 3. The van der Waals surface area contributed by atoms with Crippen LogP contribution in [0.25, 0.3) is 0 Å². The Kier molecular flexibility index (Phi) is 4.13. The molecule has 2 heterocycles. The minimum Gasteiger partial charge on any atom is -0.385 e. The number of nitrogens with zero attached hydrogens (tertiary/aromatic N) is 1. The highest BCUT2D eigenvalue weighted by molar-refractivity contribution is 6.29. The topological polar surface area (TPSA) is 54.4 Å². The summed E-state index contributed by atoms with van der Waals surface area (Å²) in [5.41, 5.74) is -2.01. The van der Waals surface area contributed by atoms with E-state index in [1.54, 1.807) is 6.92 Å². The summed E-state index contributed by atoms with van der Waals surface area (Å²) in [4.78, 5) is 3.77. The van der Waals surface area contributed by atoms with E-state index in [0.717, 1.165) is 12.1 Å². The maximum Gasteiger partial charge on any atom is 0.416 e. The van der Waals surface area contributed by atoms with Crippen molar-refractivity contribution in [3.63, 3.8) is 0 Å². The van der Waals surface area contributed by atoms with Gasteiger partial charge in [-0.05, 0) is 19.1 Å². The van der Waals surface area contributed by atoms with Crippen molar-refractivity contribution < 1.29 is 23.0 Å². The van der Waals surface area contributed by atoms with Gasteiger partial charge < -0.3 is 15.2 Å². The van der Waals surface area contributed by atoms with Gasteiger partial charge in [0.15, 0.2) is 0 Å². The molecule has 2 rings (SSSR count). The van der Waals surface area contributed by atoms with Crippen LogP contribution >= 0.6 is 11.6 Å². The average Bonchev–Trinajstić information content (AvgIpc) is 2.66. The molecule has 2 N–H and O–H groups in total. The fraction of sp³-hybridized carbons (Fsp3) is 0.583. The molecule has 0 saturated carbocycles. The molecule has 8 heteroatoms. The second-order valence-electron chi connectivity index (χ2n) is 4.78. The van der Waals surface area contributed by atoms with E-state index in [-0.39, 0.29) is 17.5 Å². The normalized spacial score (nSPS) is 26.8. The van der Waals surface area contributed by atoms with Crippen LogP contribution in [0.2, 0.25) is 5.15 Å². The fourth-order valence-corrected chi connectivity index (χ4v) is 2.21. The van der Waals surface area contributed by atoms with E-state index in [9.17, 15) is 18.3 Å². The number of anilines is 1. The molecule has 20 heavy (non-hydrogen) atoms. The summed E-state index contributed by atoms with van der Waals surface area (Å²) in [6.45, 7) is 2.16. The zero-order chi connectivity index (χ0) is 15.0. The Hall–Kier alpha value is -1.05. The van der Waals surface area contributed by atoms with Crippen molar-refractivity contribution in [3.8, 4) is 0 Å². The number of hydrogen-bond acceptors (Lipinski definition) is 4. The molecule has 1 aromatic rings. The van der Waals surface area contributed by atoms with Gasteiger partial charge in [0.2, 0.25) is 0 Å². The number of hydrogen-bond donors (Lipinski definition) is 2. The third kappa shape index (κ3) is 3.34. The van der Waals surface area contributed by atoms with Crippen molar-refractivity contribution in [1.82, 2.24) is 4.98 Å². The number of pyridine rings is 1. The minimum absolute atomic E-state index is 0.0302. The van der Waals surface area contributed by atoms with E-state index in [4.69, 9.17) is 16.3 Å². The van der Waals surface area contributed by atoms with Crippen molar-refractivity contribution >= 4 is 17.4 Å². The second kappa shape index (κ2) is 5.38. The number of ether oxygens (including phenoxy) is 1. The molecule has 2 unspecified atom stereocenters. The van der Waals surface area contributed by atoms with Crippen molar-refractivity contribution in [2.75, 3.05) is 18.5 Å². The third-order valence-electron chi connectivity index (χ3n) is 3.36. The van der Waals surface area contributed by atoms with Crippen LogP contribution in [0.1, 0.15) is 18.9 Å². The van der Waals surface area contributed by atoms with Crippen LogP contribution in [-0.4, -0.2) is 34.9 Å². The Morgan fingerprint density at radius 2 is 2.25 bits per heavy atom. The molecular weight excluding hydrogens is 297 g/mol. The van der Waals surface area contributed by atoms with Gasteiger partial charge in [0, 0.05) is 19.6 Å². The molecule has 1 aromatic heterocycles. The van der Waals surface area contributed by atoms with Gasteiger partial charge >= 0.3 is 6.18 Å². The van der Waals surface area contributed by atoms with Crippen LogP contribution in [0.15, 0.2) is 12.1 Å². The molecule has 0 amide bonds. The molecule has 1 saturated heterocycles. The van der Waals surface area contributed by atoms with Gasteiger partial charge in [-0.3, -0.25) is 0 Å². The molecule has 1 aliphatic rings. The predicted octanol–water partition coefficient (Wildman–Crippen LogP) is 2.71. The Morgan fingerprint density at radius 1 is 1.55 bits per heavy atom. The van der Waals surface area contributed by atoms with Gasteiger partial charge in [-0.2, -0.15) is 13.2 Å². The third-order valence-corrected chi connectivity index (χ3v) is 3.55. The Balaban J connectivity index is 2.12. The van der Waals surface area contributed by atoms with Crippen molar-refractivity contribution in [3.05, 3.63) is 22.8 Å². The van der Waals surface area contributed by atoms with Gasteiger partial charge in [0.1, 0.15) is 16.6 Å². The number of aromatic nitrogens is 1. The number of aliphatic hydroxyl groups is 1. The predicted molar refractivity (Wildman–Crippen MR) is 67.7 cm³/mol. The van der Waals surface area contributed by atoms with Crippen LogP contribution in [0, 0.1) is 0 Å². The van der Waals surface area contributed by atoms with Crippen molar-refractivity contribution in [2.45, 2.75) is 31.2 Å². The highest BCUT2D eigenvalue weighted by atomic mass is 35.5. The quantitative estimate of drug-likeness (QED) is 0.843. The van der Waals surface area contributed by atoms with Gasteiger partial charge in [-0.25, -0.2) is 4.98 Å². The van der Waals surface area contributed by atoms with Crippen LogP contribution in [0.5, 0.6) is 0 Å². The first-order valence-corrected chi connectivity index (χ1v) is 6.41. The SMILES string of the molecule is CC1OCCC1(O)CNc1cc(C(F)(F)F)cc(Cl)n1. The van der Waals surface area contributed by atoms with E-state index in [1.807, 2.05) is 0 Å². The zero-order valence-electron chi connectivity index (χ0n) is 10.7. The van der Waals surface area contributed by atoms with E-state index in [2.05, 4.69) is 10.3 Å². The van der Waals surface area contributed by atoms with Gasteiger partial charge in [-0.15, -0.1) is 0 Å². The van der Waals surface area contributed by atoms with E-state index < -0.39 is 23.4 Å². The molecule has 0 aromatic carbocycles. The number of nitrogens with one attached hydrogen (secondary N) is 1. The number of alkyl halides is 3. The maximum absolute atomic E-state index is 12.6. The van der Waals surface area contributed by atoms with Gasteiger partial charge in [0.05, 0.1) is 11.7 Å². The highest BCUT2D eigenvalue weighted by Crippen LogP contribution is 2.32. The molecule has 2 atom stereocenters. The molecule has 0 spiro atoms. The van der Waals surface area contributed by atoms with Crippen LogP contribution in [0.3, 0.4) is 0 Å². The lowest BCUT2D eigenvalue weighted by molar-refractivity contribution is -0.137. The Labute approximate surface area is 118 Å². The molecule has 1 aliphatic heterocycles. The molecular formula is C12H14ClF3N2O2.